The molecule has 0 aromatic rings. The van der Waals surface area contributed by atoms with Crippen LogP contribution in [0.2, 0.25) is 0 Å². The molecule has 1 heterocycles. The van der Waals surface area contributed by atoms with Crippen molar-refractivity contribution in [1.82, 2.24) is 9.80 Å². The topological polar surface area (TPSA) is 64.4 Å². The first-order chi connectivity index (χ1) is 6.77. The molecule has 5 nitrogen and oxygen atoms in total. The molecule has 76 valence electrons. The predicted octanol–water partition coefficient (Wildman–Crippen LogP) is -0.409. The lowest BCUT2D eigenvalue weighted by molar-refractivity contribution is -0.135. The van der Waals surface area contributed by atoms with Crippen molar-refractivity contribution in [3.8, 4) is 6.07 Å². The van der Waals surface area contributed by atoms with Crippen molar-refractivity contribution in [2.75, 3.05) is 26.2 Å². The highest BCUT2D eigenvalue weighted by molar-refractivity contribution is 5.76. The zero-order valence-corrected chi connectivity index (χ0v) is 7.98. The van der Waals surface area contributed by atoms with E-state index in [9.17, 15) is 9.59 Å². The van der Waals surface area contributed by atoms with Gasteiger partial charge in [0.2, 0.25) is 12.3 Å². The fourth-order valence-electron chi connectivity index (χ4n) is 1.40. The van der Waals surface area contributed by atoms with E-state index in [0.717, 1.165) is 6.41 Å². The molecule has 0 unspecified atom stereocenters. The van der Waals surface area contributed by atoms with Gasteiger partial charge in [-0.05, 0) is 0 Å². The van der Waals surface area contributed by atoms with Crippen LogP contribution in [-0.4, -0.2) is 48.3 Å². The molecule has 1 aliphatic rings. The molecule has 1 saturated heterocycles. The quantitative estimate of drug-likeness (QED) is 0.575. The van der Waals surface area contributed by atoms with Crippen LogP contribution in [-0.2, 0) is 9.59 Å². The lowest BCUT2D eigenvalue weighted by atomic mass is 10.2. The number of carbonyl (C=O) groups excluding carboxylic acids is 2. The van der Waals surface area contributed by atoms with Crippen LogP contribution in [0.1, 0.15) is 12.8 Å². The Hall–Kier alpha value is -1.57. The molecule has 1 rings (SSSR count). The Morgan fingerprint density at radius 3 is 2.50 bits per heavy atom. The van der Waals surface area contributed by atoms with Gasteiger partial charge in [-0.1, -0.05) is 0 Å². The molecule has 5 heteroatoms. The van der Waals surface area contributed by atoms with Gasteiger partial charge in [0.25, 0.3) is 0 Å². The molecular formula is C9H13N3O2. The average Bonchev–Trinajstić information content (AvgIpc) is 2.26. The summed E-state index contributed by atoms with van der Waals surface area (Å²) in [5.41, 5.74) is 0. The molecule has 0 atom stereocenters. The SMILES string of the molecule is N#CCCC(=O)N1CCN(C=O)CC1. The van der Waals surface area contributed by atoms with Crippen LogP contribution in [0.15, 0.2) is 0 Å². The molecule has 1 aliphatic heterocycles. The van der Waals surface area contributed by atoms with E-state index >= 15 is 0 Å². The summed E-state index contributed by atoms with van der Waals surface area (Å²) in [6.45, 7) is 2.37. The fourth-order valence-corrected chi connectivity index (χ4v) is 1.40. The minimum Gasteiger partial charge on any atom is -0.342 e. The average molecular weight is 195 g/mol. The van der Waals surface area contributed by atoms with E-state index < -0.39 is 0 Å². The van der Waals surface area contributed by atoms with Gasteiger partial charge >= 0.3 is 0 Å². The van der Waals surface area contributed by atoms with Crippen molar-refractivity contribution in [3.63, 3.8) is 0 Å². The second-order valence-corrected chi connectivity index (χ2v) is 3.18. The summed E-state index contributed by atoms with van der Waals surface area (Å²) >= 11 is 0. The van der Waals surface area contributed by atoms with Crippen LogP contribution in [0.3, 0.4) is 0 Å². The first-order valence-corrected chi connectivity index (χ1v) is 4.62. The standard InChI is InChI=1S/C9H13N3O2/c10-3-1-2-9(14)12-6-4-11(8-13)5-7-12/h8H,1-2,4-7H2. The highest BCUT2D eigenvalue weighted by Crippen LogP contribution is 2.03. The maximum Gasteiger partial charge on any atom is 0.223 e. The minimum absolute atomic E-state index is 0.0112. The molecule has 2 amide bonds. The molecule has 0 spiro atoms. The van der Waals surface area contributed by atoms with Crippen molar-refractivity contribution in [1.29, 1.82) is 5.26 Å². The van der Waals surface area contributed by atoms with Gasteiger partial charge in [0.05, 0.1) is 6.07 Å². The lowest BCUT2D eigenvalue weighted by Crippen LogP contribution is -2.48. The molecule has 0 N–H and O–H groups in total. The van der Waals surface area contributed by atoms with Crippen LogP contribution < -0.4 is 0 Å². The Balaban J connectivity index is 2.31. The summed E-state index contributed by atoms with van der Waals surface area (Å²) in [6, 6.07) is 1.94. The monoisotopic (exact) mass is 195 g/mol. The number of nitrogens with zero attached hydrogens (tertiary/aromatic N) is 3. The largest absolute Gasteiger partial charge is 0.342 e. The molecule has 0 bridgehead atoms. The van der Waals surface area contributed by atoms with E-state index in [1.54, 1.807) is 9.80 Å². The van der Waals surface area contributed by atoms with E-state index in [1.807, 2.05) is 6.07 Å². The fraction of sp³-hybridized carbons (Fsp3) is 0.667. The summed E-state index contributed by atoms with van der Waals surface area (Å²) in [6.07, 6.45) is 1.36. The summed E-state index contributed by atoms with van der Waals surface area (Å²) < 4.78 is 0. The molecule has 0 aromatic heterocycles. The number of nitriles is 1. The lowest BCUT2D eigenvalue weighted by Gasteiger charge is -2.32. The Morgan fingerprint density at radius 1 is 1.36 bits per heavy atom. The predicted molar refractivity (Wildman–Crippen MR) is 49.1 cm³/mol. The molecule has 0 radical (unpaired) electrons. The van der Waals surface area contributed by atoms with Gasteiger partial charge < -0.3 is 9.80 Å². The van der Waals surface area contributed by atoms with E-state index in [2.05, 4.69) is 0 Å². The highest BCUT2D eigenvalue weighted by atomic mass is 16.2. The van der Waals surface area contributed by atoms with Gasteiger partial charge in [0.15, 0.2) is 0 Å². The smallest absolute Gasteiger partial charge is 0.223 e. The van der Waals surface area contributed by atoms with Crippen molar-refractivity contribution in [2.45, 2.75) is 12.8 Å². The van der Waals surface area contributed by atoms with Crippen molar-refractivity contribution < 1.29 is 9.59 Å². The second kappa shape index (κ2) is 5.22. The Kier molecular flexibility index (Phi) is 3.92. The number of amides is 2. The van der Waals surface area contributed by atoms with E-state index in [4.69, 9.17) is 5.26 Å². The first-order valence-electron chi connectivity index (χ1n) is 4.62. The number of hydrogen-bond donors (Lipinski definition) is 0. The third-order valence-electron chi connectivity index (χ3n) is 2.27. The minimum atomic E-state index is 0.0112. The number of hydrogen-bond acceptors (Lipinski definition) is 3. The third-order valence-corrected chi connectivity index (χ3v) is 2.27. The first kappa shape index (κ1) is 10.5. The maximum atomic E-state index is 11.4. The molecule has 0 aliphatic carbocycles. The van der Waals surface area contributed by atoms with E-state index in [0.29, 0.717) is 26.2 Å². The zero-order chi connectivity index (χ0) is 10.4. The molecular weight excluding hydrogens is 182 g/mol. The third kappa shape index (κ3) is 2.73. The summed E-state index contributed by atoms with van der Waals surface area (Å²) in [4.78, 5) is 25.2. The van der Waals surface area contributed by atoms with Gasteiger partial charge in [-0.3, -0.25) is 9.59 Å². The van der Waals surface area contributed by atoms with Crippen LogP contribution >= 0.6 is 0 Å². The summed E-state index contributed by atoms with van der Waals surface area (Å²) in [5, 5.41) is 8.32. The van der Waals surface area contributed by atoms with Crippen molar-refractivity contribution >= 4 is 12.3 Å². The second-order valence-electron chi connectivity index (χ2n) is 3.18. The molecule has 0 aromatic carbocycles. The van der Waals surface area contributed by atoms with Gasteiger partial charge in [-0.25, -0.2) is 0 Å². The Labute approximate surface area is 82.9 Å². The zero-order valence-electron chi connectivity index (χ0n) is 7.98. The number of rotatable bonds is 3. The van der Waals surface area contributed by atoms with E-state index in [1.165, 1.54) is 0 Å². The van der Waals surface area contributed by atoms with Crippen LogP contribution in [0.5, 0.6) is 0 Å². The summed E-state index contributed by atoms with van der Waals surface area (Å²) in [7, 11) is 0. The molecule has 1 fully saturated rings. The van der Waals surface area contributed by atoms with Crippen LogP contribution in [0.25, 0.3) is 0 Å². The molecule has 0 saturated carbocycles. The highest BCUT2D eigenvalue weighted by Gasteiger charge is 2.19. The normalized spacial score (nSPS) is 16.2. The Morgan fingerprint density at radius 2 is 2.00 bits per heavy atom. The van der Waals surface area contributed by atoms with Gasteiger partial charge in [-0.2, -0.15) is 5.26 Å². The van der Waals surface area contributed by atoms with Crippen molar-refractivity contribution in [3.05, 3.63) is 0 Å². The maximum absolute atomic E-state index is 11.4. The van der Waals surface area contributed by atoms with Gasteiger partial charge in [0.1, 0.15) is 0 Å². The Bertz CT molecular complexity index is 251. The number of carbonyl (C=O) groups is 2. The van der Waals surface area contributed by atoms with Gasteiger partial charge in [-0.15, -0.1) is 0 Å². The van der Waals surface area contributed by atoms with Crippen molar-refractivity contribution in [2.24, 2.45) is 0 Å². The van der Waals surface area contributed by atoms with Crippen LogP contribution in [0, 0.1) is 11.3 Å². The number of piperazine rings is 1. The van der Waals surface area contributed by atoms with Crippen LogP contribution in [0.4, 0.5) is 0 Å². The van der Waals surface area contributed by atoms with Gasteiger partial charge in [0, 0.05) is 39.0 Å². The van der Waals surface area contributed by atoms with E-state index in [-0.39, 0.29) is 18.7 Å². The summed E-state index contributed by atoms with van der Waals surface area (Å²) in [5.74, 6) is 0.0112. The molecule has 14 heavy (non-hydrogen) atoms.